The molecular weight excluding hydrogens is 638 g/mol. The minimum absolute atomic E-state index is 0.163. The molecule has 3 atom stereocenters. The predicted molar refractivity (Wildman–Crippen MR) is 175 cm³/mol. The Morgan fingerprint density at radius 2 is 1.96 bits per heavy atom. The van der Waals surface area contributed by atoms with Crippen molar-refractivity contribution in [3.8, 4) is 11.1 Å². The number of benzene rings is 2. The number of fused-ring (bicyclic) bond motifs is 2. The van der Waals surface area contributed by atoms with Gasteiger partial charge in [0.25, 0.3) is 5.91 Å². The van der Waals surface area contributed by atoms with E-state index in [9.17, 15) is 14.3 Å². The van der Waals surface area contributed by atoms with E-state index in [-0.39, 0.29) is 19.1 Å². The topological polar surface area (TPSA) is 104 Å². The number of halogens is 3. The van der Waals surface area contributed by atoms with Gasteiger partial charge < -0.3 is 14.6 Å². The number of piperazine rings is 1. The number of amides is 1. The Bertz CT molecular complexity index is 1830. The molecule has 1 saturated heterocycles. The SMILES string of the molecule is CC(O)CN1CCN(c2ccc(-c3cc(Cl)c4cn(C(C(=O)Nc5nccs5)c5ncn6c5C[C@@H](F)C6)nc4c3Cl)cc2)CC1. The second kappa shape index (κ2) is 12.3. The summed E-state index contributed by atoms with van der Waals surface area (Å²) in [5.41, 5.74) is 4.24. The molecule has 0 bridgehead atoms. The van der Waals surface area contributed by atoms with E-state index < -0.39 is 18.1 Å². The monoisotopic (exact) mass is 668 g/mol. The summed E-state index contributed by atoms with van der Waals surface area (Å²) >= 11 is 15.1. The highest BCUT2D eigenvalue weighted by Gasteiger charge is 2.34. The fourth-order valence-corrected chi connectivity index (χ4v) is 7.31. The zero-order valence-corrected chi connectivity index (χ0v) is 26.7. The Morgan fingerprint density at radius 1 is 1.18 bits per heavy atom. The van der Waals surface area contributed by atoms with Gasteiger partial charge in [-0.25, -0.2) is 14.4 Å². The number of alkyl halides is 1. The van der Waals surface area contributed by atoms with Crippen molar-refractivity contribution in [1.82, 2.24) is 29.2 Å². The third kappa shape index (κ3) is 5.93. The first-order valence-electron chi connectivity index (χ1n) is 14.8. The highest BCUT2D eigenvalue weighted by Crippen LogP contribution is 2.40. The minimum Gasteiger partial charge on any atom is -0.392 e. The number of aromatic nitrogens is 5. The van der Waals surface area contributed by atoms with Gasteiger partial charge in [0.15, 0.2) is 11.2 Å². The number of imidazole rings is 1. The summed E-state index contributed by atoms with van der Waals surface area (Å²) in [5.74, 6) is -0.406. The first-order valence-corrected chi connectivity index (χ1v) is 16.4. The lowest BCUT2D eigenvalue weighted by Gasteiger charge is -2.36. The molecule has 1 amide bonds. The minimum atomic E-state index is -1.04. The second-order valence-electron chi connectivity index (χ2n) is 11.5. The van der Waals surface area contributed by atoms with Crippen molar-refractivity contribution in [2.75, 3.05) is 42.9 Å². The van der Waals surface area contributed by atoms with Crippen LogP contribution in [-0.2, 0) is 17.8 Å². The van der Waals surface area contributed by atoms with Crippen molar-refractivity contribution in [2.24, 2.45) is 0 Å². The molecule has 1 fully saturated rings. The van der Waals surface area contributed by atoms with Gasteiger partial charge in [0.2, 0.25) is 0 Å². The summed E-state index contributed by atoms with van der Waals surface area (Å²) < 4.78 is 17.6. The van der Waals surface area contributed by atoms with E-state index in [0.717, 1.165) is 43.0 Å². The summed E-state index contributed by atoms with van der Waals surface area (Å²) in [6, 6.07) is 8.99. The van der Waals surface area contributed by atoms with Gasteiger partial charge in [-0.05, 0) is 30.7 Å². The van der Waals surface area contributed by atoms with Gasteiger partial charge in [0, 0.05) is 79.2 Å². The van der Waals surface area contributed by atoms with Crippen LogP contribution in [-0.4, -0.2) is 85.2 Å². The summed E-state index contributed by atoms with van der Waals surface area (Å²) in [7, 11) is 0. The highest BCUT2D eigenvalue weighted by molar-refractivity contribution is 7.13. The van der Waals surface area contributed by atoms with Crippen molar-refractivity contribution < 1.29 is 14.3 Å². The summed E-state index contributed by atoms with van der Waals surface area (Å²) in [6.07, 6.45) is 3.64. The molecule has 2 aliphatic heterocycles. The van der Waals surface area contributed by atoms with Crippen LogP contribution in [0.3, 0.4) is 0 Å². The van der Waals surface area contributed by atoms with Crippen molar-refractivity contribution in [1.29, 1.82) is 0 Å². The zero-order chi connectivity index (χ0) is 31.2. The number of β-amino-alcohol motifs (C(OH)–C–C–N with tert-alkyl or cyclic N) is 1. The molecule has 5 aromatic rings. The van der Waals surface area contributed by atoms with Crippen LogP contribution < -0.4 is 10.2 Å². The van der Waals surface area contributed by atoms with Gasteiger partial charge in [-0.15, -0.1) is 11.3 Å². The lowest BCUT2D eigenvalue weighted by molar-refractivity contribution is -0.118. The van der Waals surface area contributed by atoms with Crippen LogP contribution in [0, 0.1) is 0 Å². The Hall–Kier alpha value is -3.55. The van der Waals surface area contributed by atoms with E-state index in [1.807, 2.05) is 25.1 Å². The molecule has 2 unspecified atom stereocenters. The van der Waals surface area contributed by atoms with Crippen LogP contribution in [0.25, 0.3) is 22.0 Å². The predicted octanol–water partition coefficient (Wildman–Crippen LogP) is 5.29. The first kappa shape index (κ1) is 30.1. The number of carbonyl (C=O) groups excluding carboxylic acids is 1. The molecule has 2 aliphatic rings. The number of hydrogen-bond acceptors (Lipinski definition) is 8. The van der Waals surface area contributed by atoms with Crippen molar-refractivity contribution >= 4 is 62.2 Å². The quantitative estimate of drug-likeness (QED) is 0.232. The van der Waals surface area contributed by atoms with Gasteiger partial charge in [-0.1, -0.05) is 35.3 Å². The largest absolute Gasteiger partial charge is 0.392 e. The average molecular weight is 670 g/mol. The van der Waals surface area contributed by atoms with Crippen LogP contribution >= 0.6 is 34.5 Å². The standard InChI is InChI=1S/C31H31Cl2FN8O2S/c1-18(43)14-39-7-9-40(10-8-39)21-4-2-19(3-5-21)22-13-24(32)23-16-42(38-27(23)26(22)33)29(30(44)37-31-35-6-11-45-31)28-25-12-20(34)15-41(25)17-36-28/h2-6,11,13,16-18,20,29,43H,7-10,12,14-15H2,1H3,(H,35,37,44)/t18?,20-,29?/m1/s1. The molecule has 5 heterocycles. The smallest absolute Gasteiger partial charge is 0.257 e. The highest BCUT2D eigenvalue weighted by atomic mass is 35.5. The third-order valence-electron chi connectivity index (χ3n) is 8.37. The van der Waals surface area contributed by atoms with Gasteiger partial charge in [-0.2, -0.15) is 5.10 Å². The molecule has 0 radical (unpaired) electrons. The maximum Gasteiger partial charge on any atom is 0.257 e. The van der Waals surface area contributed by atoms with Crippen molar-refractivity contribution in [3.05, 3.63) is 75.9 Å². The molecule has 0 saturated carbocycles. The number of aliphatic hydroxyl groups is 1. The summed E-state index contributed by atoms with van der Waals surface area (Å²) in [6.45, 7) is 6.25. The van der Waals surface area contributed by atoms with E-state index in [2.05, 4.69) is 37.2 Å². The number of aliphatic hydroxyl groups excluding tert-OH is 1. The fourth-order valence-electron chi connectivity index (χ4n) is 6.23. The molecule has 0 spiro atoms. The van der Waals surface area contributed by atoms with Gasteiger partial charge >= 0.3 is 0 Å². The molecule has 234 valence electrons. The van der Waals surface area contributed by atoms with Crippen LogP contribution in [0.15, 0.2) is 54.4 Å². The van der Waals surface area contributed by atoms with Crippen molar-refractivity contribution in [2.45, 2.75) is 38.2 Å². The molecule has 0 aliphatic carbocycles. The van der Waals surface area contributed by atoms with Crippen molar-refractivity contribution in [3.63, 3.8) is 0 Å². The lowest BCUT2D eigenvalue weighted by atomic mass is 10.0. The normalized spacial score (nSPS) is 18.3. The van der Waals surface area contributed by atoms with Gasteiger partial charge in [0.1, 0.15) is 11.7 Å². The number of hydrogen-bond donors (Lipinski definition) is 2. The lowest BCUT2D eigenvalue weighted by Crippen LogP contribution is -2.48. The maximum atomic E-state index is 14.3. The molecule has 2 N–H and O–H groups in total. The number of thiazole rings is 1. The van der Waals surface area contributed by atoms with E-state index in [1.54, 1.807) is 28.7 Å². The van der Waals surface area contributed by atoms with Crippen LogP contribution in [0.1, 0.15) is 24.4 Å². The number of carbonyl (C=O) groups is 1. The van der Waals surface area contributed by atoms with Crippen LogP contribution in [0.2, 0.25) is 10.0 Å². The number of nitrogens with one attached hydrogen (secondary N) is 1. The average Bonchev–Trinajstić information content (AvgIpc) is 3.82. The summed E-state index contributed by atoms with van der Waals surface area (Å²) in [4.78, 5) is 27.0. The van der Waals surface area contributed by atoms with E-state index in [0.29, 0.717) is 44.0 Å². The second-order valence-corrected chi connectivity index (χ2v) is 13.2. The number of anilines is 2. The number of nitrogens with zero attached hydrogens (tertiary/aromatic N) is 7. The molecule has 10 nitrogen and oxygen atoms in total. The summed E-state index contributed by atoms with van der Waals surface area (Å²) in [5, 5.41) is 21.0. The molecule has 2 aromatic carbocycles. The molecule has 7 rings (SSSR count). The van der Waals surface area contributed by atoms with E-state index in [4.69, 9.17) is 28.3 Å². The molecule has 14 heteroatoms. The molecule has 45 heavy (non-hydrogen) atoms. The third-order valence-corrected chi connectivity index (χ3v) is 9.75. The first-order chi connectivity index (χ1) is 21.7. The zero-order valence-electron chi connectivity index (χ0n) is 24.4. The van der Waals surface area contributed by atoms with E-state index in [1.165, 1.54) is 16.0 Å². The van der Waals surface area contributed by atoms with Gasteiger partial charge in [-0.3, -0.25) is 19.7 Å². The van der Waals surface area contributed by atoms with E-state index >= 15 is 0 Å². The molecular formula is C31H31Cl2FN8O2S. The number of rotatable bonds is 8. The Labute approximate surface area is 273 Å². The molecule has 3 aromatic heterocycles. The Kier molecular flexibility index (Phi) is 8.25. The fraction of sp³-hybridized carbons (Fsp3) is 0.355. The Morgan fingerprint density at radius 3 is 2.67 bits per heavy atom. The van der Waals surface area contributed by atoms with Gasteiger partial charge in [0.05, 0.1) is 34.7 Å². The van der Waals surface area contributed by atoms with Crippen LogP contribution in [0.5, 0.6) is 0 Å². The Balaban J connectivity index is 1.20. The maximum absolute atomic E-state index is 14.3. The van der Waals surface area contributed by atoms with Crippen LogP contribution in [0.4, 0.5) is 15.2 Å².